The van der Waals surface area contributed by atoms with Gasteiger partial charge in [0, 0.05) is 24.8 Å². The van der Waals surface area contributed by atoms with Crippen LogP contribution in [0.25, 0.3) is 0 Å². The summed E-state index contributed by atoms with van der Waals surface area (Å²) in [5, 5.41) is 13.0. The van der Waals surface area contributed by atoms with Gasteiger partial charge in [0.1, 0.15) is 0 Å². The van der Waals surface area contributed by atoms with Crippen molar-refractivity contribution in [2.75, 3.05) is 19.4 Å². The Balaban J connectivity index is 2.84. The summed E-state index contributed by atoms with van der Waals surface area (Å²) in [5.41, 5.74) is 2.78. The maximum absolute atomic E-state index is 11.4. The average molecular weight is 258 g/mol. The summed E-state index contributed by atoms with van der Waals surface area (Å²) in [6.45, 7) is 0. The number of urea groups is 1. The number of carbonyl (C=O) groups is 2. The average Bonchev–Trinajstić information content (AvgIpc) is 2.14. The summed E-state index contributed by atoms with van der Waals surface area (Å²) in [7, 11) is 3.31. The first-order chi connectivity index (χ1) is 7.88. The number of nitrogens with zero attached hydrogens (tertiary/aromatic N) is 1. The summed E-state index contributed by atoms with van der Waals surface area (Å²) in [4.78, 5) is 22.1. The fourth-order valence-electron chi connectivity index (χ4n) is 1.15. The summed E-state index contributed by atoms with van der Waals surface area (Å²) in [5.74, 6) is -1.11. The molecule has 0 saturated carbocycles. The third kappa shape index (κ3) is 4.29. The summed E-state index contributed by atoms with van der Waals surface area (Å²) >= 11 is 5.74. The Labute approximate surface area is 103 Å². The number of benzene rings is 1. The standard InChI is InChI=1S/C10H12ClN3O3/c1-14(2)13-10(17)12-8-4-6(9(15)16)3-7(11)5-8/h3-5H,1-2H3,(H,15,16)(H2,12,13,17). The van der Waals surface area contributed by atoms with E-state index in [1.165, 1.54) is 23.2 Å². The van der Waals surface area contributed by atoms with Gasteiger partial charge >= 0.3 is 12.0 Å². The Hall–Kier alpha value is -1.79. The van der Waals surface area contributed by atoms with Crippen molar-refractivity contribution < 1.29 is 14.7 Å². The molecule has 2 amide bonds. The van der Waals surface area contributed by atoms with Crippen molar-refractivity contribution in [1.29, 1.82) is 0 Å². The van der Waals surface area contributed by atoms with Gasteiger partial charge < -0.3 is 10.4 Å². The van der Waals surface area contributed by atoms with E-state index in [4.69, 9.17) is 16.7 Å². The van der Waals surface area contributed by atoms with Gasteiger partial charge in [-0.05, 0) is 18.2 Å². The number of aromatic carboxylic acids is 1. The second kappa shape index (κ2) is 5.51. The van der Waals surface area contributed by atoms with Gasteiger partial charge in [-0.25, -0.2) is 14.6 Å². The molecule has 0 atom stereocenters. The van der Waals surface area contributed by atoms with E-state index in [9.17, 15) is 9.59 Å². The minimum atomic E-state index is -1.11. The largest absolute Gasteiger partial charge is 0.478 e. The zero-order valence-electron chi connectivity index (χ0n) is 9.32. The van der Waals surface area contributed by atoms with Crippen LogP contribution in [0, 0.1) is 0 Å². The van der Waals surface area contributed by atoms with Crippen LogP contribution in [0.4, 0.5) is 10.5 Å². The molecular weight excluding hydrogens is 246 g/mol. The smallest absolute Gasteiger partial charge is 0.335 e. The number of amides is 2. The number of nitrogens with one attached hydrogen (secondary N) is 2. The highest BCUT2D eigenvalue weighted by Gasteiger charge is 2.08. The van der Waals surface area contributed by atoms with Crippen molar-refractivity contribution in [2.24, 2.45) is 0 Å². The molecule has 0 saturated heterocycles. The normalized spacial score (nSPS) is 10.1. The van der Waals surface area contributed by atoms with Crippen LogP contribution in [-0.2, 0) is 0 Å². The highest BCUT2D eigenvalue weighted by molar-refractivity contribution is 6.31. The third-order valence-corrected chi connectivity index (χ3v) is 1.95. The zero-order valence-corrected chi connectivity index (χ0v) is 10.1. The molecule has 7 heteroatoms. The second-order valence-corrected chi connectivity index (χ2v) is 3.93. The van der Waals surface area contributed by atoms with E-state index in [-0.39, 0.29) is 10.6 Å². The quantitative estimate of drug-likeness (QED) is 0.719. The van der Waals surface area contributed by atoms with Gasteiger partial charge in [0.2, 0.25) is 0 Å². The van der Waals surface area contributed by atoms with Crippen LogP contribution in [0.1, 0.15) is 10.4 Å². The maximum Gasteiger partial charge on any atom is 0.335 e. The van der Waals surface area contributed by atoms with Crippen molar-refractivity contribution in [3.63, 3.8) is 0 Å². The number of hydrogen-bond acceptors (Lipinski definition) is 3. The van der Waals surface area contributed by atoms with Crippen molar-refractivity contribution in [3.05, 3.63) is 28.8 Å². The molecule has 0 fully saturated rings. The Bertz CT molecular complexity index is 448. The van der Waals surface area contributed by atoms with E-state index in [0.717, 1.165) is 0 Å². The summed E-state index contributed by atoms with van der Waals surface area (Å²) in [6.07, 6.45) is 0. The van der Waals surface area contributed by atoms with E-state index >= 15 is 0 Å². The van der Waals surface area contributed by atoms with Gasteiger partial charge in [-0.15, -0.1) is 0 Å². The molecular formula is C10H12ClN3O3. The number of rotatable bonds is 3. The van der Waals surface area contributed by atoms with E-state index in [0.29, 0.717) is 5.69 Å². The van der Waals surface area contributed by atoms with Gasteiger partial charge in [0.15, 0.2) is 0 Å². The summed E-state index contributed by atoms with van der Waals surface area (Å²) < 4.78 is 0. The molecule has 0 spiro atoms. The Morgan fingerprint density at radius 2 is 1.94 bits per heavy atom. The van der Waals surface area contributed by atoms with Gasteiger partial charge in [-0.3, -0.25) is 5.43 Å². The monoisotopic (exact) mass is 257 g/mol. The first-order valence-corrected chi connectivity index (χ1v) is 5.05. The number of anilines is 1. The van der Waals surface area contributed by atoms with Gasteiger partial charge in [0.05, 0.1) is 5.56 Å². The molecule has 1 aromatic carbocycles. The molecule has 1 aromatic rings. The van der Waals surface area contributed by atoms with E-state index in [1.54, 1.807) is 14.1 Å². The molecule has 0 aromatic heterocycles. The van der Waals surface area contributed by atoms with Crippen molar-refractivity contribution >= 4 is 29.3 Å². The molecule has 0 unspecified atom stereocenters. The Kier molecular flexibility index (Phi) is 4.30. The molecule has 3 N–H and O–H groups in total. The summed E-state index contributed by atoms with van der Waals surface area (Å²) in [6, 6.07) is 3.61. The lowest BCUT2D eigenvalue weighted by atomic mass is 10.2. The lowest BCUT2D eigenvalue weighted by Gasteiger charge is -2.13. The molecule has 17 heavy (non-hydrogen) atoms. The van der Waals surface area contributed by atoms with Crippen molar-refractivity contribution in [2.45, 2.75) is 0 Å². The van der Waals surface area contributed by atoms with Gasteiger partial charge in [-0.1, -0.05) is 11.6 Å². The molecule has 92 valence electrons. The number of hydrazine groups is 1. The third-order valence-electron chi connectivity index (χ3n) is 1.73. The number of carbonyl (C=O) groups excluding carboxylic acids is 1. The van der Waals surface area contributed by atoms with E-state index in [2.05, 4.69) is 10.7 Å². The van der Waals surface area contributed by atoms with Crippen LogP contribution in [0.15, 0.2) is 18.2 Å². The number of carboxylic acid groups (broad SMARTS) is 1. The van der Waals surface area contributed by atoms with E-state index in [1.807, 2.05) is 0 Å². The first-order valence-electron chi connectivity index (χ1n) is 4.67. The Morgan fingerprint density at radius 1 is 1.29 bits per heavy atom. The predicted octanol–water partition coefficient (Wildman–Crippen LogP) is 1.64. The topological polar surface area (TPSA) is 81.7 Å². The number of carboxylic acids is 1. The van der Waals surface area contributed by atoms with Crippen LogP contribution in [0.2, 0.25) is 5.02 Å². The van der Waals surface area contributed by atoms with E-state index < -0.39 is 12.0 Å². The fraction of sp³-hybridized carbons (Fsp3) is 0.200. The molecule has 1 rings (SSSR count). The SMILES string of the molecule is CN(C)NC(=O)Nc1cc(Cl)cc(C(=O)O)c1. The van der Waals surface area contributed by atoms with Crippen LogP contribution >= 0.6 is 11.6 Å². The van der Waals surface area contributed by atoms with Crippen LogP contribution in [-0.4, -0.2) is 36.2 Å². The lowest BCUT2D eigenvalue weighted by molar-refractivity contribution is 0.0697. The molecule has 6 nitrogen and oxygen atoms in total. The van der Waals surface area contributed by atoms with Crippen LogP contribution < -0.4 is 10.7 Å². The molecule has 0 aliphatic carbocycles. The molecule has 0 aliphatic rings. The van der Waals surface area contributed by atoms with Gasteiger partial charge in [0.25, 0.3) is 0 Å². The molecule has 0 aliphatic heterocycles. The minimum Gasteiger partial charge on any atom is -0.478 e. The first kappa shape index (κ1) is 13.3. The number of halogens is 1. The van der Waals surface area contributed by atoms with Crippen molar-refractivity contribution in [1.82, 2.24) is 10.4 Å². The van der Waals surface area contributed by atoms with Crippen molar-refractivity contribution in [3.8, 4) is 0 Å². The van der Waals surface area contributed by atoms with Crippen LogP contribution in [0.5, 0.6) is 0 Å². The maximum atomic E-state index is 11.4. The molecule has 0 bridgehead atoms. The molecule has 0 heterocycles. The second-order valence-electron chi connectivity index (χ2n) is 3.49. The van der Waals surface area contributed by atoms with Crippen LogP contribution in [0.3, 0.4) is 0 Å². The fourth-order valence-corrected chi connectivity index (χ4v) is 1.38. The minimum absolute atomic E-state index is 0.0117. The molecule has 0 radical (unpaired) electrons. The zero-order chi connectivity index (χ0) is 13.0. The Morgan fingerprint density at radius 3 is 2.47 bits per heavy atom. The highest BCUT2D eigenvalue weighted by Crippen LogP contribution is 2.19. The number of hydrogen-bond donors (Lipinski definition) is 3. The highest BCUT2D eigenvalue weighted by atomic mass is 35.5. The predicted molar refractivity (Wildman–Crippen MR) is 64.3 cm³/mol. The lowest BCUT2D eigenvalue weighted by Crippen LogP contribution is -2.39. The van der Waals surface area contributed by atoms with Gasteiger partial charge in [-0.2, -0.15) is 0 Å².